The Balaban J connectivity index is 2.18. The lowest BCUT2D eigenvalue weighted by Gasteiger charge is -1.94. The van der Waals surface area contributed by atoms with Crippen LogP contribution in [-0.2, 0) is 0 Å². The van der Waals surface area contributed by atoms with Crippen molar-refractivity contribution in [1.29, 1.82) is 0 Å². The molecule has 0 unspecified atom stereocenters. The summed E-state index contributed by atoms with van der Waals surface area (Å²) in [4.78, 5) is 7.77. The lowest BCUT2D eigenvalue weighted by atomic mass is 10.2. The Morgan fingerprint density at radius 2 is 1.82 bits per heavy atom. The van der Waals surface area contributed by atoms with E-state index in [1.165, 1.54) is 12.1 Å². The first-order valence-corrected chi connectivity index (χ1v) is 5.45. The fraction of sp³-hybridized carbons (Fsp3) is 0.0714. The van der Waals surface area contributed by atoms with Crippen LogP contribution in [0, 0.1) is 12.7 Å². The molecule has 1 heterocycles. The molecular weight excluding hydrogens is 215 g/mol. The van der Waals surface area contributed by atoms with Crippen LogP contribution < -0.4 is 0 Å². The smallest absolute Gasteiger partial charge is 0.138 e. The van der Waals surface area contributed by atoms with Gasteiger partial charge in [0, 0.05) is 5.56 Å². The highest BCUT2D eigenvalue weighted by Crippen LogP contribution is 2.22. The SMILES string of the molecule is Cc1cccc2[nH]c(-c3ccc(F)cc3)nc12. The predicted octanol–water partition coefficient (Wildman–Crippen LogP) is 3.68. The van der Waals surface area contributed by atoms with Gasteiger partial charge >= 0.3 is 0 Å². The summed E-state index contributed by atoms with van der Waals surface area (Å²) in [5, 5.41) is 0. The van der Waals surface area contributed by atoms with Crippen molar-refractivity contribution >= 4 is 11.0 Å². The third-order valence-corrected chi connectivity index (χ3v) is 2.83. The summed E-state index contributed by atoms with van der Waals surface area (Å²) in [5.41, 5.74) is 3.99. The van der Waals surface area contributed by atoms with Gasteiger partial charge in [-0.3, -0.25) is 0 Å². The first-order chi connectivity index (χ1) is 8.24. The van der Waals surface area contributed by atoms with E-state index in [2.05, 4.69) is 9.97 Å². The number of hydrogen-bond acceptors (Lipinski definition) is 1. The zero-order valence-electron chi connectivity index (χ0n) is 9.37. The van der Waals surface area contributed by atoms with Gasteiger partial charge in [-0.2, -0.15) is 0 Å². The second kappa shape index (κ2) is 3.70. The van der Waals surface area contributed by atoms with Crippen molar-refractivity contribution in [2.45, 2.75) is 6.92 Å². The van der Waals surface area contributed by atoms with Crippen molar-refractivity contribution in [3.63, 3.8) is 0 Å². The van der Waals surface area contributed by atoms with E-state index in [1.807, 2.05) is 25.1 Å². The molecule has 0 amide bonds. The third-order valence-electron chi connectivity index (χ3n) is 2.83. The van der Waals surface area contributed by atoms with E-state index < -0.39 is 0 Å². The van der Waals surface area contributed by atoms with Crippen LogP contribution in [0.5, 0.6) is 0 Å². The number of para-hydroxylation sites is 1. The summed E-state index contributed by atoms with van der Waals surface area (Å²) in [6.07, 6.45) is 0. The number of H-pyrrole nitrogens is 1. The molecule has 3 rings (SSSR count). The minimum absolute atomic E-state index is 0.235. The molecule has 0 radical (unpaired) electrons. The summed E-state index contributed by atoms with van der Waals surface area (Å²) in [7, 11) is 0. The normalized spacial score (nSPS) is 10.9. The molecule has 0 saturated carbocycles. The molecule has 84 valence electrons. The Hall–Kier alpha value is -2.16. The summed E-state index contributed by atoms with van der Waals surface area (Å²) >= 11 is 0. The van der Waals surface area contributed by atoms with Crippen molar-refractivity contribution < 1.29 is 4.39 Å². The van der Waals surface area contributed by atoms with Crippen LogP contribution in [-0.4, -0.2) is 9.97 Å². The molecule has 3 aromatic rings. The number of halogens is 1. The molecule has 2 aromatic carbocycles. The molecule has 0 atom stereocenters. The Kier molecular flexibility index (Phi) is 2.18. The van der Waals surface area contributed by atoms with Crippen molar-refractivity contribution in [3.8, 4) is 11.4 Å². The van der Waals surface area contributed by atoms with Crippen molar-refractivity contribution in [2.75, 3.05) is 0 Å². The van der Waals surface area contributed by atoms with E-state index in [1.54, 1.807) is 12.1 Å². The zero-order chi connectivity index (χ0) is 11.8. The second-order valence-corrected chi connectivity index (χ2v) is 4.06. The summed E-state index contributed by atoms with van der Waals surface area (Å²) in [5.74, 6) is 0.537. The molecule has 0 aliphatic rings. The average Bonchev–Trinajstić information content (AvgIpc) is 2.75. The second-order valence-electron chi connectivity index (χ2n) is 4.06. The van der Waals surface area contributed by atoms with E-state index in [0.717, 1.165) is 28.0 Å². The van der Waals surface area contributed by atoms with Gasteiger partial charge in [-0.15, -0.1) is 0 Å². The lowest BCUT2D eigenvalue weighted by molar-refractivity contribution is 0.628. The predicted molar refractivity (Wildman–Crippen MR) is 66.2 cm³/mol. The monoisotopic (exact) mass is 226 g/mol. The van der Waals surface area contributed by atoms with Crippen LogP contribution >= 0.6 is 0 Å². The number of benzene rings is 2. The average molecular weight is 226 g/mol. The molecular formula is C14H11FN2. The first kappa shape index (κ1) is 10.0. The van der Waals surface area contributed by atoms with E-state index >= 15 is 0 Å². The minimum atomic E-state index is -0.235. The number of aryl methyl sites for hydroxylation is 1. The van der Waals surface area contributed by atoms with E-state index in [4.69, 9.17) is 0 Å². The molecule has 0 spiro atoms. The zero-order valence-corrected chi connectivity index (χ0v) is 9.37. The summed E-state index contributed by atoms with van der Waals surface area (Å²) in [6.45, 7) is 2.03. The van der Waals surface area contributed by atoms with Crippen molar-refractivity contribution in [1.82, 2.24) is 9.97 Å². The van der Waals surface area contributed by atoms with Crippen LogP contribution in [0.2, 0.25) is 0 Å². The van der Waals surface area contributed by atoms with E-state index in [9.17, 15) is 4.39 Å². The standard InChI is InChI=1S/C14H11FN2/c1-9-3-2-4-12-13(9)17-14(16-12)10-5-7-11(15)8-6-10/h2-8H,1H3,(H,16,17). The fourth-order valence-corrected chi connectivity index (χ4v) is 1.92. The maximum absolute atomic E-state index is 12.8. The number of aromatic nitrogens is 2. The minimum Gasteiger partial charge on any atom is -0.338 e. The van der Waals surface area contributed by atoms with E-state index in [0.29, 0.717) is 0 Å². The molecule has 0 saturated heterocycles. The number of hydrogen-bond donors (Lipinski definition) is 1. The van der Waals surface area contributed by atoms with Gasteiger partial charge in [-0.25, -0.2) is 9.37 Å². The molecule has 17 heavy (non-hydrogen) atoms. The number of imidazole rings is 1. The Bertz CT molecular complexity index is 668. The van der Waals surface area contributed by atoms with Gasteiger partial charge in [0.05, 0.1) is 11.0 Å². The highest BCUT2D eigenvalue weighted by Gasteiger charge is 2.06. The van der Waals surface area contributed by atoms with Gasteiger partial charge in [-0.05, 0) is 42.8 Å². The Morgan fingerprint density at radius 1 is 1.06 bits per heavy atom. The Morgan fingerprint density at radius 3 is 2.53 bits per heavy atom. The van der Waals surface area contributed by atoms with Crippen LogP contribution in [0.25, 0.3) is 22.4 Å². The molecule has 1 N–H and O–H groups in total. The van der Waals surface area contributed by atoms with Gasteiger partial charge in [-0.1, -0.05) is 12.1 Å². The number of rotatable bonds is 1. The van der Waals surface area contributed by atoms with Gasteiger partial charge < -0.3 is 4.98 Å². The van der Waals surface area contributed by atoms with Crippen molar-refractivity contribution in [3.05, 3.63) is 53.8 Å². The summed E-state index contributed by atoms with van der Waals surface area (Å²) < 4.78 is 12.8. The highest BCUT2D eigenvalue weighted by atomic mass is 19.1. The maximum atomic E-state index is 12.8. The first-order valence-electron chi connectivity index (χ1n) is 5.45. The van der Waals surface area contributed by atoms with Gasteiger partial charge in [0.1, 0.15) is 11.6 Å². The number of nitrogens with zero attached hydrogens (tertiary/aromatic N) is 1. The van der Waals surface area contributed by atoms with E-state index in [-0.39, 0.29) is 5.82 Å². The fourth-order valence-electron chi connectivity index (χ4n) is 1.92. The number of nitrogens with one attached hydrogen (secondary N) is 1. The molecule has 0 aliphatic heterocycles. The van der Waals surface area contributed by atoms with Gasteiger partial charge in [0.15, 0.2) is 0 Å². The number of fused-ring (bicyclic) bond motifs is 1. The lowest BCUT2D eigenvalue weighted by Crippen LogP contribution is -1.80. The van der Waals surface area contributed by atoms with Crippen LogP contribution in [0.4, 0.5) is 4.39 Å². The maximum Gasteiger partial charge on any atom is 0.138 e. The Labute approximate surface area is 98.1 Å². The van der Waals surface area contributed by atoms with Crippen LogP contribution in [0.15, 0.2) is 42.5 Å². The summed E-state index contributed by atoms with van der Waals surface area (Å²) in [6, 6.07) is 12.3. The molecule has 3 heteroatoms. The largest absolute Gasteiger partial charge is 0.338 e. The molecule has 2 nitrogen and oxygen atoms in total. The molecule has 0 bridgehead atoms. The van der Waals surface area contributed by atoms with Crippen molar-refractivity contribution in [2.24, 2.45) is 0 Å². The highest BCUT2D eigenvalue weighted by molar-refractivity contribution is 5.82. The number of aromatic amines is 1. The molecule has 0 aliphatic carbocycles. The quantitative estimate of drug-likeness (QED) is 0.673. The van der Waals surface area contributed by atoms with Gasteiger partial charge in [0.25, 0.3) is 0 Å². The van der Waals surface area contributed by atoms with Crippen LogP contribution in [0.1, 0.15) is 5.56 Å². The van der Waals surface area contributed by atoms with Crippen LogP contribution in [0.3, 0.4) is 0 Å². The molecule has 1 aromatic heterocycles. The van der Waals surface area contributed by atoms with Gasteiger partial charge in [0.2, 0.25) is 0 Å². The third kappa shape index (κ3) is 1.69. The molecule has 0 fully saturated rings. The topological polar surface area (TPSA) is 28.7 Å².